The van der Waals surface area contributed by atoms with Gasteiger partial charge < -0.3 is 10.4 Å². The number of rotatable bonds is 6. The zero-order valence-corrected chi connectivity index (χ0v) is 18.1. The molecule has 2 amide bonds. The highest BCUT2D eigenvalue weighted by Gasteiger charge is 2.25. The molecule has 0 fully saturated rings. The molecule has 3 aromatic rings. The molecule has 3 rings (SSSR count). The standard InChI is InChI=1S/C22H21ClN6O3/c1-13-17(9-10-18(24-3)19(13)23)26-20(14(2)30)22(32)28-27-21(31)15-5-7-16(8-6-15)29-12-4-11-25-29/h4-12,14,20,26,30H,1-2H3,(H,27,31)(H,28,32)/t14-,20+/m0/s1. The largest absolute Gasteiger partial charge is 0.391 e. The van der Waals surface area contributed by atoms with E-state index in [2.05, 4.69) is 26.1 Å². The minimum atomic E-state index is -1.08. The highest BCUT2D eigenvalue weighted by atomic mass is 35.5. The van der Waals surface area contributed by atoms with Gasteiger partial charge in [0.05, 0.1) is 23.4 Å². The molecular weight excluding hydrogens is 432 g/mol. The zero-order chi connectivity index (χ0) is 23.3. The SMILES string of the molecule is [C-]#[N+]c1ccc(N[C@@H](C(=O)NNC(=O)c2ccc(-n3cccn3)cc2)[C@H](C)O)c(C)c1Cl. The van der Waals surface area contributed by atoms with E-state index >= 15 is 0 Å². The first-order valence-corrected chi connectivity index (χ1v) is 10.0. The number of hydrazine groups is 1. The zero-order valence-electron chi connectivity index (χ0n) is 17.3. The van der Waals surface area contributed by atoms with Crippen LogP contribution in [0, 0.1) is 13.5 Å². The summed E-state index contributed by atoms with van der Waals surface area (Å²) in [5.74, 6) is -1.17. The van der Waals surface area contributed by atoms with Gasteiger partial charge in [0.1, 0.15) is 6.04 Å². The summed E-state index contributed by atoms with van der Waals surface area (Å²) in [6.07, 6.45) is 2.35. The fraction of sp³-hybridized carbons (Fsp3) is 0.182. The molecule has 9 nitrogen and oxygen atoms in total. The number of nitrogens with one attached hydrogen (secondary N) is 3. The topological polar surface area (TPSA) is 113 Å². The van der Waals surface area contributed by atoms with Crippen LogP contribution in [0.3, 0.4) is 0 Å². The average molecular weight is 453 g/mol. The number of aliphatic hydroxyl groups excluding tert-OH is 1. The lowest BCUT2D eigenvalue weighted by molar-refractivity contribution is -0.124. The van der Waals surface area contributed by atoms with Crippen LogP contribution in [0.25, 0.3) is 10.5 Å². The summed E-state index contributed by atoms with van der Waals surface area (Å²) in [5, 5.41) is 17.4. The fourth-order valence-electron chi connectivity index (χ4n) is 2.94. The van der Waals surface area contributed by atoms with E-state index in [0.29, 0.717) is 22.5 Å². The summed E-state index contributed by atoms with van der Waals surface area (Å²) in [6, 6.07) is 10.5. The third-order valence-electron chi connectivity index (χ3n) is 4.76. The monoisotopic (exact) mass is 452 g/mol. The summed E-state index contributed by atoms with van der Waals surface area (Å²) >= 11 is 6.18. The van der Waals surface area contributed by atoms with Gasteiger partial charge in [-0.15, -0.1) is 0 Å². The van der Waals surface area contributed by atoms with Crippen molar-refractivity contribution >= 4 is 34.8 Å². The quantitative estimate of drug-likeness (QED) is 0.339. The molecule has 0 spiro atoms. The fourth-order valence-corrected chi connectivity index (χ4v) is 3.15. The van der Waals surface area contributed by atoms with Crippen molar-refractivity contribution in [1.29, 1.82) is 0 Å². The lowest BCUT2D eigenvalue weighted by atomic mass is 10.1. The first kappa shape index (κ1) is 22.8. The van der Waals surface area contributed by atoms with Crippen LogP contribution in [-0.2, 0) is 4.79 Å². The molecule has 32 heavy (non-hydrogen) atoms. The number of amides is 2. The molecular formula is C22H21ClN6O3. The van der Waals surface area contributed by atoms with Crippen molar-refractivity contribution in [2.24, 2.45) is 0 Å². The molecule has 1 heterocycles. The van der Waals surface area contributed by atoms with Crippen molar-refractivity contribution in [1.82, 2.24) is 20.6 Å². The van der Waals surface area contributed by atoms with Crippen LogP contribution < -0.4 is 16.2 Å². The number of hydrogen-bond acceptors (Lipinski definition) is 5. The highest BCUT2D eigenvalue weighted by Crippen LogP contribution is 2.33. The first-order valence-electron chi connectivity index (χ1n) is 9.63. The minimum absolute atomic E-state index is 0.265. The Morgan fingerprint density at radius 3 is 2.50 bits per heavy atom. The van der Waals surface area contributed by atoms with Crippen molar-refractivity contribution in [3.05, 3.63) is 82.4 Å². The van der Waals surface area contributed by atoms with E-state index < -0.39 is 24.0 Å². The van der Waals surface area contributed by atoms with Crippen molar-refractivity contribution < 1.29 is 14.7 Å². The van der Waals surface area contributed by atoms with Crippen LogP contribution in [-0.4, -0.2) is 38.8 Å². The first-order chi connectivity index (χ1) is 15.3. The number of halogens is 1. The van der Waals surface area contributed by atoms with Crippen molar-refractivity contribution in [3.63, 3.8) is 0 Å². The van der Waals surface area contributed by atoms with Gasteiger partial charge in [-0.2, -0.15) is 5.10 Å². The van der Waals surface area contributed by atoms with Gasteiger partial charge in [0.25, 0.3) is 11.8 Å². The van der Waals surface area contributed by atoms with Crippen LogP contribution in [0.5, 0.6) is 0 Å². The number of hydrogen-bond donors (Lipinski definition) is 4. The molecule has 10 heteroatoms. The van der Waals surface area contributed by atoms with E-state index in [1.807, 2.05) is 0 Å². The molecule has 0 radical (unpaired) electrons. The molecule has 0 bridgehead atoms. The van der Waals surface area contributed by atoms with Crippen LogP contribution in [0.2, 0.25) is 5.02 Å². The highest BCUT2D eigenvalue weighted by molar-refractivity contribution is 6.34. The van der Waals surface area contributed by atoms with Gasteiger partial charge in [-0.05, 0) is 55.8 Å². The Kier molecular flexibility index (Phi) is 7.10. The number of benzene rings is 2. The second kappa shape index (κ2) is 9.96. The predicted octanol–water partition coefficient (Wildman–Crippen LogP) is 3.01. The van der Waals surface area contributed by atoms with Gasteiger partial charge in [0.2, 0.25) is 5.69 Å². The lowest BCUT2D eigenvalue weighted by Crippen LogP contribution is -2.52. The van der Waals surface area contributed by atoms with Crippen LogP contribution >= 0.6 is 11.6 Å². The van der Waals surface area contributed by atoms with E-state index in [9.17, 15) is 14.7 Å². The molecule has 164 valence electrons. The molecule has 0 aliphatic rings. The summed E-state index contributed by atoms with van der Waals surface area (Å²) in [4.78, 5) is 28.3. The van der Waals surface area contributed by atoms with Crippen molar-refractivity contribution in [3.8, 4) is 5.69 Å². The molecule has 4 N–H and O–H groups in total. The van der Waals surface area contributed by atoms with Crippen LogP contribution in [0.15, 0.2) is 54.9 Å². The van der Waals surface area contributed by atoms with Gasteiger partial charge in [-0.1, -0.05) is 17.7 Å². The van der Waals surface area contributed by atoms with E-state index in [4.69, 9.17) is 18.2 Å². The van der Waals surface area contributed by atoms with E-state index in [1.165, 1.54) is 13.0 Å². The van der Waals surface area contributed by atoms with E-state index in [-0.39, 0.29) is 5.02 Å². The number of aromatic nitrogens is 2. The minimum Gasteiger partial charge on any atom is -0.391 e. The second-order valence-electron chi connectivity index (χ2n) is 6.99. The van der Waals surface area contributed by atoms with Crippen molar-refractivity contribution in [2.75, 3.05) is 5.32 Å². The van der Waals surface area contributed by atoms with Gasteiger partial charge in [-0.25, -0.2) is 9.53 Å². The molecule has 0 saturated carbocycles. The van der Waals surface area contributed by atoms with Gasteiger partial charge in [0.15, 0.2) is 0 Å². The average Bonchev–Trinajstić information content (AvgIpc) is 3.33. The Hall–Kier alpha value is -3.87. The molecule has 0 saturated heterocycles. The Morgan fingerprint density at radius 2 is 1.91 bits per heavy atom. The maximum Gasteiger partial charge on any atom is 0.269 e. The second-order valence-corrected chi connectivity index (χ2v) is 7.36. The van der Waals surface area contributed by atoms with Gasteiger partial charge in [0, 0.05) is 23.6 Å². The molecule has 0 unspecified atom stereocenters. The molecule has 0 aliphatic carbocycles. The van der Waals surface area contributed by atoms with Crippen molar-refractivity contribution in [2.45, 2.75) is 26.0 Å². The Balaban J connectivity index is 1.64. The smallest absolute Gasteiger partial charge is 0.269 e. The number of carbonyl (C=O) groups is 2. The molecule has 1 aromatic heterocycles. The molecule has 2 aromatic carbocycles. The third kappa shape index (κ3) is 5.06. The maximum atomic E-state index is 12.6. The molecule has 0 aliphatic heterocycles. The summed E-state index contributed by atoms with van der Waals surface area (Å²) in [7, 11) is 0. The van der Waals surface area contributed by atoms with Crippen LogP contribution in [0.4, 0.5) is 11.4 Å². The third-order valence-corrected chi connectivity index (χ3v) is 5.24. The summed E-state index contributed by atoms with van der Waals surface area (Å²) in [6.45, 7) is 10.3. The summed E-state index contributed by atoms with van der Waals surface area (Å²) < 4.78 is 1.65. The molecule has 2 atom stereocenters. The van der Waals surface area contributed by atoms with E-state index in [1.54, 1.807) is 60.4 Å². The lowest BCUT2D eigenvalue weighted by Gasteiger charge is -2.23. The van der Waals surface area contributed by atoms with E-state index in [0.717, 1.165) is 5.69 Å². The number of aliphatic hydroxyl groups is 1. The number of anilines is 1. The Bertz CT molecular complexity index is 1150. The normalized spacial score (nSPS) is 12.3. The maximum absolute atomic E-state index is 12.6. The Labute approximate surface area is 189 Å². The van der Waals surface area contributed by atoms with Gasteiger partial charge in [-0.3, -0.25) is 20.4 Å². The van der Waals surface area contributed by atoms with Gasteiger partial charge >= 0.3 is 0 Å². The number of nitrogens with zero attached hydrogens (tertiary/aromatic N) is 3. The summed E-state index contributed by atoms with van der Waals surface area (Å²) in [5.41, 5.74) is 7.13. The predicted molar refractivity (Wildman–Crippen MR) is 121 cm³/mol. The van der Waals surface area contributed by atoms with Crippen LogP contribution in [0.1, 0.15) is 22.8 Å². The number of carbonyl (C=O) groups excluding carboxylic acids is 2. The Morgan fingerprint density at radius 1 is 1.19 bits per heavy atom.